The summed E-state index contributed by atoms with van der Waals surface area (Å²) in [7, 11) is 1.30. The van der Waals surface area contributed by atoms with Gasteiger partial charge in [0.05, 0.1) is 36.8 Å². The van der Waals surface area contributed by atoms with Gasteiger partial charge in [0.25, 0.3) is 5.56 Å². The maximum Gasteiger partial charge on any atom is 0.307 e. The third-order valence-corrected chi connectivity index (χ3v) is 5.18. The van der Waals surface area contributed by atoms with Gasteiger partial charge in [0.15, 0.2) is 0 Å². The van der Waals surface area contributed by atoms with Gasteiger partial charge in [-0.05, 0) is 30.0 Å². The lowest BCUT2D eigenvalue weighted by Gasteiger charge is -2.17. The summed E-state index contributed by atoms with van der Waals surface area (Å²) in [5.74, 6) is -0.804. The van der Waals surface area contributed by atoms with E-state index in [9.17, 15) is 14.4 Å². The number of methoxy groups -OCH3 is 1. The quantitative estimate of drug-likeness (QED) is 0.657. The number of rotatable bonds is 6. The smallest absolute Gasteiger partial charge is 0.307 e. The maximum absolute atomic E-state index is 12.6. The van der Waals surface area contributed by atoms with Crippen LogP contribution in [0.15, 0.2) is 46.8 Å². The van der Waals surface area contributed by atoms with Crippen LogP contribution in [-0.4, -0.2) is 28.5 Å². The highest BCUT2D eigenvalue weighted by molar-refractivity contribution is 7.10. The molecule has 0 aliphatic carbocycles. The van der Waals surface area contributed by atoms with Gasteiger partial charge in [-0.1, -0.05) is 18.2 Å². The van der Waals surface area contributed by atoms with Gasteiger partial charge in [0.1, 0.15) is 6.54 Å². The van der Waals surface area contributed by atoms with Gasteiger partial charge in [0, 0.05) is 4.88 Å². The first kappa shape index (κ1) is 18.8. The zero-order valence-electron chi connectivity index (χ0n) is 15.0. The highest BCUT2D eigenvalue weighted by Crippen LogP contribution is 2.22. The number of nitrogens with one attached hydrogen (secondary N) is 1. The Hall–Kier alpha value is -3.00. The molecule has 27 heavy (non-hydrogen) atoms. The fourth-order valence-electron chi connectivity index (χ4n) is 2.81. The summed E-state index contributed by atoms with van der Waals surface area (Å²) in [5, 5.41) is 5.14. The minimum atomic E-state index is -0.503. The molecule has 8 heteroatoms. The highest BCUT2D eigenvalue weighted by atomic mass is 32.1. The molecular formula is C19H19N3O4S. The lowest BCUT2D eigenvalue weighted by atomic mass is 10.1. The Morgan fingerprint density at radius 1 is 1.30 bits per heavy atom. The van der Waals surface area contributed by atoms with Gasteiger partial charge in [-0.3, -0.25) is 19.0 Å². The van der Waals surface area contributed by atoms with Gasteiger partial charge in [0.2, 0.25) is 5.91 Å². The molecule has 1 amide bonds. The Morgan fingerprint density at radius 3 is 2.81 bits per heavy atom. The van der Waals surface area contributed by atoms with Crippen LogP contribution in [0.1, 0.15) is 22.9 Å². The number of para-hydroxylation sites is 1. The maximum atomic E-state index is 12.6. The Balaban J connectivity index is 1.80. The first-order valence-electron chi connectivity index (χ1n) is 8.34. The number of aryl methyl sites for hydroxylation is 1. The molecule has 0 bridgehead atoms. The lowest BCUT2D eigenvalue weighted by molar-refractivity contribution is -0.141. The summed E-state index contributed by atoms with van der Waals surface area (Å²) in [6.07, 6.45) is 1.39. The van der Waals surface area contributed by atoms with Crippen LogP contribution >= 0.6 is 11.3 Å². The number of aromatic nitrogens is 2. The predicted octanol–water partition coefficient (Wildman–Crippen LogP) is 2.19. The van der Waals surface area contributed by atoms with Crippen LogP contribution in [0.2, 0.25) is 0 Å². The number of thiophene rings is 1. The van der Waals surface area contributed by atoms with Crippen LogP contribution in [-0.2, 0) is 20.9 Å². The van der Waals surface area contributed by atoms with E-state index >= 15 is 0 Å². The number of nitrogens with zero attached hydrogens (tertiary/aromatic N) is 2. The second kappa shape index (κ2) is 8.13. The van der Waals surface area contributed by atoms with Crippen molar-refractivity contribution in [2.45, 2.75) is 25.9 Å². The van der Waals surface area contributed by atoms with Crippen LogP contribution in [0.25, 0.3) is 10.9 Å². The van der Waals surface area contributed by atoms with Crippen molar-refractivity contribution in [1.82, 2.24) is 14.9 Å². The molecule has 0 radical (unpaired) electrons. The van der Waals surface area contributed by atoms with Crippen LogP contribution in [0.4, 0.5) is 0 Å². The molecule has 0 saturated heterocycles. The molecule has 0 saturated carbocycles. The van der Waals surface area contributed by atoms with Gasteiger partial charge >= 0.3 is 5.97 Å². The van der Waals surface area contributed by atoms with E-state index in [1.54, 1.807) is 12.1 Å². The van der Waals surface area contributed by atoms with Crippen molar-refractivity contribution >= 4 is 34.1 Å². The first-order valence-corrected chi connectivity index (χ1v) is 9.22. The van der Waals surface area contributed by atoms with Gasteiger partial charge in [-0.15, -0.1) is 11.3 Å². The van der Waals surface area contributed by atoms with Gasteiger partial charge < -0.3 is 10.1 Å². The van der Waals surface area contributed by atoms with E-state index in [1.807, 2.05) is 30.5 Å². The predicted molar refractivity (Wildman–Crippen MR) is 103 cm³/mol. The molecule has 1 unspecified atom stereocenters. The minimum absolute atomic E-state index is 0.0207. The zero-order valence-corrected chi connectivity index (χ0v) is 15.8. The molecule has 3 rings (SSSR count). The lowest BCUT2D eigenvalue weighted by Crippen LogP contribution is -2.35. The summed E-state index contributed by atoms with van der Waals surface area (Å²) < 4.78 is 5.97. The molecule has 1 aromatic carbocycles. The zero-order chi connectivity index (χ0) is 19.4. The summed E-state index contributed by atoms with van der Waals surface area (Å²) >= 11 is 1.44. The van der Waals surface area contributed by atoms with Crippen LogP contribution < -0.4 is 10.9 Å². The summed E-state index contributed by atoms with van der Waals surface area (Å²) in [5.41, 5.74) is 1.25. The highest BCUT2D eigenvalue weighted by Gasteiger charge is 2.20. The molecule has 2 heterocycles. The topological polar surface area (TPSA) is 90.3 Å². The number of benzene rings is 1. The van der Waals surface area contributed by atoms with Gasteiger partial charge in [-0.25, -0.2) is 4.98 Å². The first-order chi connectivity index (χ1) is 13.0. The van der Waals surface area contributed by atoms with E-state index in [0.717, 1.165) is 10.4 Å². The minimum Gasteiger partial charge on any atom is -0.469 e. The van der Waals surface area contributed by atoms with Crippen molar-refractivity contribution in [3.8, 4) is 0 Å². The number of hydrogen-bond acceptors (Lipinski definition) is 6. The fourth-order valence-corrected chi connectivity index (χ4v) is 3.59. The van der Waals surface area contributed by atoms with Crippen LogP contribution in [0.5, 0.6) is 0 Å². The molecule has 1 atom stereocenters. The number of carbonyl (C=O) groups is 2. The van der Waals surface area contributed by atoms with Crippen LogP contribution in [0.3, 0.4) is 0 Å². The SMILES string of the molecule is COC(=O)CC(NC(=O)Cn1cnc2c(C)cccc2c1=O)c1cccs1. The summed E-state index contributed by atoms with van der Waals surface area (Å²) in [4.78, 5) is 41.9. The molecule has 0 aliphatic rings. The Bertz CT molecular complexity index is 1030. The van der Waals surface area contributed by atoms with Crippen molar-refractivity contribution in [2.75, 3.05) is 7.11 Å². The molecule has 0 fully saturated rings. The fraction of sp³-hybridized carbons (Fsp3) is 0.263. The molecule has 0 spiro atoms. The molecular weight excluding hydrogens is 366 g/mol. The van der Waals surface area contributed by atoms with E-state index in [0.29, 0.717) is 10.9 Å². The third kappa shape index (κ3) is 4.22. The van der Waals surface area contributed by atoms with E-state index in [1.165, 1.54) is 29.3 Å². The monoisotopic (exact) mass is 385 g/mol. The summed E-state index contributed by atoms with van der Waals surface area (Å²) in [6, 6.07) is 8.54. The van der Waals surface area contributed by atoms with Crippen molar-refractivity contribution in [3.63, 3.8) is 0 Å². The Kier molecular flexibility index (Phi) is 5.66. The van der Waals surface area contributed by atoms with E-state index in [2.05, 4.69) is 10.3 Å². The summed E-state index contributed by atoms with van der Waals surface area (Å²) in [6.45, 7) is 1.70. The molecule has 2 aromatic heterocycles. The normalized spacial score (nSPS) is 11.9. The number of fused-ring (bicyclic) bond motifs is 1. The second-order valence-electron chi connectivity index (χ2n) is 6.06. The Labute approximate surface area is 159 Å². The van der Waals surface area contributed by atoms with Crippen molar-refractivity contribution < 1.29 is 14.3 Å². The second-order valence-corrected chi connectivity index (χ2v) is 7.04. The number of ether oxygens (including phenoxy) is 1. The number of hydrogen-bond donors (Lipinski definition) is 1. The van der Waals surface area contributed by atoms with E-state index in [4.69, 9.17) is 4.74 Å². The molecule has 3 aromatic rings. The third-order valence-electron chi connectivity index (χ3n) is 4.19. The van der Waals surface area contributed by atoms with Crippen molar-refractivity contribution in [1.29, 1.82) is 0 Å². The molecule has 0 aliphatic heterocycles. The van der Waals surface area contributed by atoms with Crippen molar-refractivity contribution in [3.05, 3.63) is 62.8 Å². The largest absolute Gasteiger partial charge is 0.469 e. The molecule has 140 valence electrons. The molecule has 1 N–H and O–H groups in total. The number of amides is 1. The average Bonchev–Trinajstić information content (AvgIpc) is 3.18. The standard InChI is InChI=1S/C19H19N3O4S/c1-12-5-3-6-13-18(12)20-11-22(19(13)25)10-16(23)21-14(9-17(24)26-2)15-7-4-8-27-15/h3-8,11,14H,9-10H2,1-2H3,(H,21,23). The van der Waals surface area contributed by atoms with Gasteiger partial charge in [-0.2, -0.15) is 0 Å². The number of esters is 1. The van der Waals surface area contributed by atoms with E-state index < -0.39 is 12.0 Å². The van der Waals surface area contributed by atoms with Crippen molar-refractivity contribution in [2.24, 2.45) is 0 Å². The average molecular weight is 385 g/mol. The molecule has 7 nitrogen and oxygen atoms in total. The Morgan fingerprint density at radius 2 is 2.11 bits per heavy atom. The van der Waals surface area contributed by atoms with Crippen LogP contribution in [0, 0.1) is 6.92 Å². The number of carbonyl (C=O) groups excluding carboxylic acids is 2. The van der Waals surface area contributed by atoms with E-state index in [-0.39, 0.29) is 24.4 Å².